The van der Waals surface area contributed by atoms with Gasteiger partial charge in [0.1, 0.15) is 0 Å². The molecule has 0 radical (unpaired) electrons. The van der Waals surface area contributed by atoms with Crippen LogP contribution in [-0.2, 0) is 6.54 Å². The van der Waals surface area contributed by atoms with Gasteiger partial charge < -0.3 is 15.2 Å². The second-order valence-corrected chi connectivity index (χ2v) is 4.65. The van der Waals surface area contributed by atoms with Crippen LogP contribution >= 0.6 is 0 Å². The van der Waals surface area contributed by atoms with Crippen LogP contribution in [-0.4, -0.2) is 13.7 Å². The average molecular weight is 235 g/mol. The van der Waals surface area contributed by atoms with Gasteiger partial charge in [0.15, 0.2) is 11.5 Å². The third kappa shape index (κ3) is 3.13. The number of nitrogens with two attached hydrogens (primary N) is 1. The maximum Gasteiger partial charge on any atom is 0.161 e. The van der Waals surface area contributed by atoms with Gasteiger partial charge in [-0.25, -0.2) is 0 Å². The quantitative estimate of drug-likeness (QED) is 0.853. The van der Waals surface area contributed by atoms with Crippen LogP contribution < -0.4 is 15.2 Å². The third-order valence-electron chi connectivity index (χ3n) is 3.41. The highest BCUT2D eigenvalue weighted by atomic mass is 16.5. The number of methoxy groups -OCH3 is 1. The van der Waals surface area contributed by atoms with Gasteiger partial charge in [-0.3, -0.25) is 0 Å². The van der Waals surface area contributed by atoms with Crippen LogP contribution in [0.4, 0.5) is 0 Å². The summed E-state index contributed by atoms with van der Waals surface area (Å²) in [6, 6.07) is 5.88. The molecular formula is C14H21NO2. The Bertz CT molecular complexity index is 359. The van der Waals surface area contributed by atoms with Gasteiger partial charge in [0.05, 0.1) is 13.7 Å². The second-order valence-electron chi connectivity index (χ2n) is 4.65. The smallest absolute Gasteiger partial charge is 0.161 e. The van der Waals surface area contributed by atoms with Crippen molar-refractivity contribution in [3.8, 4) is 11.5 Å². The molecule has 0 bridgehead atoms. The molecule has 0 saturated heterocycles. The van der Waals surface area contributed by atoms with Crippen molar-refractivity contribution in [3.63, 3.8) is 0 Å². The van der Waals surface area contributed by atoms with Gasteiger partial charge in [-0.2, -0.15) is 0 Å². The van der Waals surface area contributed by atoms with E-state index < -0.39 is 0 Å². The lowest BCUT2D eigenvalue weighted by atomic mass is 10.1. The Morgan fingerprint density at radius 1 is 1.24 bits per heavy atom. The van der Waals surface area contributed by atoms with Gasteiger partial charge in [0.25, 0.3) is 0 Å². The summed E-state index contributed by atoms with van der Waals surface area (Å²) in [5.41, 5.74) is 6.71. The fourth-order valence-electron chi connectivity index (χ4n) is 2.35. The molecule has 0 spiro atoms. The predicted octanol–water partition coefficient (Wildman–Crippen LogP) is 2.72. The van der Waals surface area contributed by atoms with Crippen molar-refractivity contribution >= 4 is 0 Å². The molecule has 3 nitrogen and oxygen atoms in total. The zero-order chi connectivity index (χ0) is 12.1. The van der Waals surface area contributed by atoms with E-state index in [-0.39, 0.29) is 0 Å². The van der Waals surface area contributed by atoms with Gasteiger partial charge in [0.2, 0.25) is 0 Å². The topological polar surface area (TPSA) is 44.5 Å². The van der Waals surface area contributed by atoms with Crippen LogP contribution in [0.1, 0.15) is 31.2 Å². The highest BCUT2D eigenvalue weighted by Crippen LogP contribution is 2.30. The third-order valence-corrected chi connectivity index (χ3v) is 3.41. The van der Waals surface area contributed by atoms with E-state index in [2.05, 4.69) is 0 Å². The summed E-state index contributed by atoms with van der Waals surface area (Å²) in [5, 5.41) is 0. The Morgan fingerprint density at radius 3 is 2.65 bits per heavy atom. The SMILES string of the molecule is COc1ccc(CN)cc1OCC1CCCC1. The van der Waals surface area contributed by atoms with E-state index in [0.717, 1.165) is 23.7 Å². The highest BCUT2D eigenvalue weighted by Gasteiger charge is 2.16. The standard InChI is InChI=1S/C14H21NO2/c1-16-13-7-6-12(9-15)8-14(13)17-10-11-4-2-3-5-11/h6-8,11H,2-5,9-10,15H2,1H3. The lowest BCUT2D eigenvalue weighted by molar-refractivity contribution is 0.240. The average Bonchev–Trinajstić information content (AvgIpc) is 2.89. The van der Waals surface area contributed by atoms with Crippen molar-refractivity contribution in [2.45, 2.75) is 32.2 Å². The van der Waals surface area contributed by atoms with Crippen molar-refractivity contribution in [1.82, 2.24) is 0 Å². The Hall–Kier alpha value is -1.22. The molecule has 1 fully saturated rings. The summed E-state index contributed by atoms with van der Waals surface area (Å²) in [6.45, 7) is 1.33. The molecular weight excluding hydrogens is 214 g/mol. The van der Waals surface area contributed by atoms with Gasteiger partial charge in [-0.15, -0.1) is 0 Å². The van der Waals surface area contributed by atoms with Crippen LogP contribution in [0.5, 0.6) is 11.5 Å². The zero-order valence-corrected chi connectivity index (χ0v) is 10.4. The van der Waals surface area contributed by atoms with E-state index in [4.69, 9.17) is 15.2 Å². The molecule has 94 valence electrons. The zero-order valence-electron chi connectivity index (χ0n) is 10.4. The van der Waals surface area contributed by atoms with E-state index in [1.807, 2.05) is 18.2 Å². The summed E-state index contributed by atoms with van der Waals surface area (Å²) < 4.78 is 11.2. The number of hydrogen-bond donors (Lipinski definition) is 1. The molecule has 1 aromatic carbocycles. The summed E-state index contributed by atoms with van der Waals surface area (Å²) >= 11 is 0. The molecule has 1 aliphatic rings. The molecule has 0 aliphatic heterocycles. The Labute approximate surface area is 103 Å². The van der Waals surface area contributed by atoms with Gasteiger partial charge in [-0.05, 0) is 36.5 Å². The van der Waals surface area contributed by atoms with Crippen molar-refractivity contribution in [3.05, 3.63) is 23.8 Å². The molecule has 3 heteroatoms. The molecule has 0 amide bonds. The maximum absolute atomic E-state index is 5.87. The molecule has 0 unspecified atom stereocenters. The molecule has 2 rings (SSSR count). The first-order chi connectivity index (χ1) is 8.33. The molecule has 1 aliphatic carbocycles. The maximum atomic E-state index is 5.87. The number of benzene rings is 1. The van der Waals surface area contributed by atoms with Crippen molar-refractivity contribution in [1.29, 1.82) is 0 Å². The minimum atomic E-state index is 0.532. The van der Waals surface area contributed by atoms with E-state index >= 15 is 0 Å². The molecule has 0 aromatic heterocycles. The molecule has 0 heterocycles. The monoisotopic (exact) mass is 235 g/mol. The number of ether oxygens (including phenoxy) is 2. The van der Waals surface area contributed by atoms with E-state index in [0.29, 0.717) is 12.5 Å². The lowest BCUT2D eigenvalue weighted by Gasteiger charge is -2.14. The number of hydrogen-bond acceptors (Lipinski definition) is 3. The summed E-state index contributed by atoms with van der Waals surface area (Å²) in [5.74, 6) is 2.32. The Kier molecular flexibility index (Phi) is 4.26. The van der Waals surface area contributed by atoms with Gasteiger partial charge in [-0.1, -0.05) is 18.9 Å². The summed E-state index contributed by atoms with van der Waals surface area (Å²) in [7, 11) is 1.67. The highest BCUT2D eigenvalue weighted by molar-refractivity contribution is 5.42. The lowest BCUT2D eigenvalue weighted by Crippen LogP contribution is -2.09. The molecule has 17 heavy (non-hydrogen) atoms. The van der Waals surface area contributed by atoms with Crippen molar-refractivity contribution < 1.29 is 9.47 Å². The Morgan fingerprint density at radius 2 is 2.00 bits per heavy atom. The summed E-state index contributed by atoms with van der Waals surface area (Å²) in [4.78, 5) is 0. The second kappa shape index (κ2) is 5.92. The van der Waals surface area contributed by atoms with Crippen LogP contribution in [0.3, 0.4) is 0 Å². The first-order valence-corrected chi connectivity index (χ1v) is 6.33. The van der Waals surface area contributed by atoms with E-state index in [1.54, 1.807) is 7.11 Å². The van der Waals surface area contributed by atoms with Crippen LogP contribution in [0.15, 0.2) is 18.2 Å². The van der Waals surface area contributed by atoms with Crippen LogP contribution in [0, 0.1) is 5.92 Å². The van der Waals surface area contributed by atoms with E-state index in [9.17, 15) is 0 Å². The van der Waals surface area contributed by atoms with Crippen LogP contribution in [0.2, 0.25) is 0 Å². The van der Waals surface area contributed by atoms with Gasteiger partial charge in [0, 0.05) is 6.54 Å². The fraction of sp³-hybridized carbons (Fsp3) is 0.571. The predicted molar refractivity (Wildman–Crippen MR) is 68.3 cm³/mol. The molecule has 1 saturated carbocycles. The van der Waals surface area contributed by atoms with E-state index in [1.165, 1.54) is 25.7 Å². The molecule has 0 atom stereocenters. The Balaban J connectivity index is 2.01. The minimum Gasteiger partial charge on any atom is -0.493 e. The normalized spacial score (nSPS) is 16.1. The first kappa shape index (κ1) is 12.2. The van der Waals surface area contributed by atoms with Crippen molar-refractivity contribution in [2.24, 2.45) is 11.7 Å². The fourth-order valence-corrected chi connectivity index (χ4v) is 2.35. The molecule has 2 N–H and O–H groups in total. The minimum absolute atomic E-state index is 0.532. The summed E-state index contributed by atoms with van der Waals surface area (Å²) in [6.07, 6.45) is 5.26. The molecule has 1 aromatic rings. The van der Waals surface area contributed by atoms with Crippen molar-refractivity contribution in [2.75, 3.05) is 13.7 Å². The number of rotatable bonds is 5. The first-order valence-electron chi connectivity index (χ1n) is 6.33. The van der Waals surface area contributed by atoms with Gasteiger partial charge >= 0.3 is 0 Å². The largest absolute Gasteiger partial charge is 0.493 e. The van der Waals surface area contributed by atoms with Crippen LogP contribution in [0.25, 0.3) is 0 Å².